The van der Waals surface area contributed by atoms with Crippen LogP contribution in [0.25, 0.3) is 0 Å². The normalized spacial score (nSPS) is 12.4. The van der Waals surface area contributed by atoms with Crippen LogP contribution < -0.4 is 9.62 Å². The molecule has 0 fully saturated rings. The van der Waals surface area contributed by atoms with Gasteiger partial charge in [0.05, 0.1) is 11.9 Å². The maximum atomic E-state index is 13.6. The monoisotopic (exact) mass is 547 g/mol. The fraction of sp³-hybridized carbons (Fsp3) is 0.391. The molecule has 0 saturated heterocycles. The molecule has 0 aliphatic heterocycles. The van der Waals surface area contributed by atoms with Crippen LogP contribution in [0.15, 0.2) is 42.5 Å². The third kappa shape index (κ3) is 8.05. The van der Waals surface area contributed by atoms with Crippen LogP contribution in [0.1, 0.15) is 32.8 Å². The molecule has 0 bridgehead atoms. The molecular formula is C23H28Cl3N3O4S. The molecule has 2 aromatic rings. The zero-order valence-electron chi connectivity index (χ0n) is 19.4. The van der Waals surface area contributed by atoms with E-state index < -0.39 is 28.5 Å². The highest BCUT2D eigenvalue weighted by molar-refractivity contribution is 7.92. The van der Waals surface area contributed by atoms with E-state index in [1.807, 2.05) is 13.8 Å². The smallest absolute Gasteiger partial charge is 0.244 e. The summed E-state index contributed by atoms with van der Waals surface area (Å²) in [4.78, 5) is 27.9. The average molecular weight is 549 g/mol. The molecule has 0 aromatic heterocycles. The molecule has 0 saturated carbocycles. The van der Waals surface area contributed by atoms with E-state index in [1.54, 1.807) is 31.2 Å². The van der Waals surface area contributed by atoms with Crippen LogP contribution in [0, 0.1) is 0 Å². The number of hydrogen-bond donors (Lipinski definition) is 1. The molecular weight excluding hydrogens is 521 g/mol. The summed E-state index contributed by atoms with van der Waals surface area (Å²) in [6.07, 6.45) is 1.32. The molecule has 1 N–H and O–H groups in total. The van der Waals surface area contributed by atoms with Crippen molar-refractivity contribution in [3.05, 3.63) is 63.1 Å². The number of benzene rings is 2. The van der Waals surface area contributed by atoms with Crippen LogP contribution in [-0.4, -0.2) is 50.0 Å². The number of amides is 2. The number of halogens is 3. The second kappa shape index (κ2) is 12.1. The van der Waals surface area contributed by atoms with E-state index in [9.17, 15) is 18.0 Å². The van der Waals surface area contributed by atoms with E-state index >= 15 is 0 Å². The number of sulfonamides is 1. The highest BCUT2D eigenvalue weighted by atomic mass is 35.5. The van der Waals surface area contributed by atoms with Gasteiger partial charge in [-0.25, -0.2) is 8.42 Å². The third-order valence-electron chi connectivity index (χ3n) is 4.90. The van der Waals surface area contributed by atoms with E-state index in [0.717, 1.165) is 16.1 Å². The summed E-state index contributed by atoms with van der Waals surface area (Å²) in [5.74, 6) is -0.876. The van der Waals surface area contributed by atoms with E-state index in [-0.39, 0.29) is 34.2 Å². The molecule has 11 heteroatoms. The molecule has 1 atom stereocenters. The van der Waals surface area contributed by atoms with Crippen molar-refractivity contribution in [2.75, 3.05) is 17.1 Å². The number of anilines is 1. The number of nitrogens with one attached hydrogen (secondary N) is 1. The van der Waals surface area contributed by atoms with Crippen molar-refractivity contribution in [3.63, 3.8) is 0 Å². The quantitative estimate of drug-likeness (QED) is 0.464. The lowest BCUT2D eigenvalue weighted by atomic mass is 10.1. The highest BCUT2D eigenvalue weighted by Crippen LogP contribution is 2.27. The predicted molar refractivity (Wildman–Crippen MR) is 138 cm³/mol. The molecule has 0 aliphatic carbocycles. The van der Waals surface area contributed by atoms with Crippen LogP contribution in [-0.2, 0) is 26.2 Å². The van der Waals surface area contributed by atoms with Crippen molar-refractivity contribution in [2.24, 2.45) is 0 Å². The molecule has 34 heavy (non-hydrogen) atoms. The van der Waals surface area contributed by atoms with Gasteiger partial charge in [0.15, 0.2) is 0 Å². The van der Waals surface area contributed by atoms with Gasteiger partial charge in [-0.2, -0.15) is 0 Å². The van der Waals surface area contributed by atoms with Crippen molar-refractivity contribution in [2.45, 2.75) is 45.8 Å². The van der Waals surface area contributed by atoms with Crippen LogP contribution in [0.5, 0.6) is 0 Å². The number of nitrogens with zero attached hydrogens (tertiary/aromatic N) is 2. The zero-order chi connectivity index (χ0) is 25.6. The molecule has 0 radical (unpaired) electrons. The van der Waals surface area contributed by atoms with Crippen LogP contribution >= 0.6 is 34.8 Å². The average Bonchev–Trinajstić information content (AvgIpc) is 2.71. The van der Waals surface area contributed by atoms with E-state index in [2.05, 4.69) is 5.32 Å². The van der Waals surface area contributed by atoms with Gasteiger partial charge in [-0.05, 0) is 56.2 Å². The van der Waals surface area contributed by atoms with Gasteiger partial charge in [0.25, 0.3) is 0 Å². The van der Waals surface area contributed by atoms with Gasteiger partial charge in [-0.15, -0.1) is 0 Å². The Bertz CT molecular complexity index is 1100. The van der Waals surface area contributed by atoms with Crippen LogP contribution in [0.4, 0.5) is 5.69 Å². The summed E-state index contributed by atoms with van der Waals surface area (Å²) >= 11 is 18.1. The van der Waals surface area contributed by atoms with Gasteiger partial charge >= 0.3 is 0 Å². The van der Waals surface area contributed by atoms with Crippen molar-refractivity contribution >= 4 is 62.3 Å². The summed E-state index contributed by atoms with van der Waals surface area (Å²) in [6.45, 7) is 4.99. The van der Waals surface area contributed by atoms with Crippen LogP contribution in [0.3, 0.4) is 0 Å². The number of carbonyl (C=O) groups is 2. The summed E-state index contributed by atoms with van der Waals surface area (Å²) in [5.41, 5.74) is 0.893. The van der Waals surface area contributed by atoms with E-state index in [0.29, 0.717) is 11.4 Å². The molecule has 2 amide bonds. The van der Waals surface area contributed by atoms with Gasteiger partial charge < -0.3 is 10.2 Å². The molecule has 2 rings (SSSR count). The second-order valence-corrected chi connectivity index (χ2v) is 11.3. The Hall–Kier alpha value is -2.00. The first-order chi connectivity index (χ1) is 15.8. The van der Waals surface area contributed by atoms with Gasteiger partial charge in [0.1, 0.15) is 12.6 Å². The first-order valence-electron chi connectivity index (χ1n) is 10.6. The minimum Gasteiger partial charge on any atom is -0.352 e. The lowest BCUT2D eigenvalue weighted by Gasteiger charge is -2.33. The second-order valence-electron chi connectivity index (χ2n) is 8.13. The Morgan fingerprint density at radius 1 is 0.971 bits per heavy atom. The Morgan fingerprint density at radius 2 is 1.53 bits per heavy atom. The van der Waals surface area contributed by atoms with Crippen LogP contribution in [0.2, 0.25) is 15.1 Å². The fourth-order valence-electron chi connectivity index (χ4n) is 3.38. The predicted octanol–water partition coefficient (Wildman–Crippen LogP) is 4.74. The van der Waals surface area contributed by atoms with E-state index in [1.165, 1.54) is 23.1 Å². The summed E-state index contributed by atoms with van der Waals surface area (Å²) in [7, 11) is -3.88. The van der Waals surface area contributed by atoms with Gasteiger partial charge in [0, 0.05) is 27.7 Å². The molecule has 7 nitrogen and oxygen atoms in total. The number of rotatable bonds is 10. The minimum absolute atomic E-state index is 0.0912. The van der Waals surface area contributed by atoms with Crippen molar-refractivity contribution in [1.29, 1.82) is 0 Å². The minimum atomic E-state index is -3.88. The van der Waals surface area contributed by atoms with Crippen molar-refractivity contribution in [3.8, 4) is 0 Å². The van der Waals surface area contributed by atoms with Crippen molar-refractivity contribution < 1.29 is 18.0 Å². The van der Waals surface area contributed by atoms with Gasteiger partial charge in [0.2, 0.25) is 21.8 Å². The first-order valence-corrected chi connectivity index (χ1v) is 13.6. The lowest BCUT2D eigenvalue weighted by Crippen LogP contribution is -2.53. The summed E-state index contributed by atoms with van der Waals surface area (Å²) in [5, 5.41) is 3.82. The Kier molecular flexibility index (Phi) is 10.1. The van der Waals surface area contributed by atoms with Gasteiger partial charge in [-0.1, -0.05) is 53.9 Å². The molecule has 0 aliphatic rings. The summed E-state index contributed by atoms with van der Waals surface area (Å²) < 4.78 is 26.1. The standard InChI is InChI=1S/C23H28Cl3N3O4S/c1-5-21(23(31)27-15(2)3)28(13-16-6-8-17(24)9-7-16)22(30)14-29(34(4,32)33)20-11-18(25)10-19(26)12-20/h6-12,15,21H,5,13-14H2,1-4H3,(H,27,31). The molecule has 0 spiro atoms. The SMILES string of the molecule is CCC(C(=O)NC(C)C)N(Cc1ccc(Cl)cc1)C(=O)CN(c1cc(Cl)cc(Cl)c1)S(C)(=O)=O. The number of hydrogen-bond acceptors (Lipinski definition) is 4. The lowest BCUT2D eigenvalue weighted by molar-refractivity contribution is -0.140. The molecule has 0 heterocycles. The van der Waals surface area contributed by atoms with Crippen molar-refractivity contribution in [1.82, 2.24) is 10.2 Å². The first kappa shape index (κ1) is 28.2. The summed E-state index contributed by atoms with van der Waals surface area (Å²) in [6, 6.07) is 10.2. The topological polar surface area (TPSA) is 86.8 Å². The maximum Gasteiger partial charge on any atom is 0.244 e. The maximum absolute atomic E-state index is 13.6. The molecule has 2 aromatic carbocycles. The van der Waals surface area contributed by atoms with E-state index in [4.69, 9.17) is 34.8 Å². The van der Waals surface area contributed by atoms with Gasteiger partial charge in [-0.3, -0.25) is 13.9 Å². The Labute approximate surface area is 216 Å². The zero-order valence-corrected chi connectivity index (χ0v) is 22.5. The largest absolute Gasteiger partial charge is 0.352 e. The molecule has 186 valence electrons. The molecule has 1 unspecified atom stereocenters. The number of carbonyl (C=O) groups excluding carboxylic acids is 2. The fourth-order valence-corrected chi connectivity index (χ4v) is 4.86. The highest BCUT2D eigenvalue weighted by Gasteiger charge is 2.32. The Morgan fingerprint density at radius 3 is 2.00 bits per heavy atom. The Balaban J connectivity index is 2.46. The third-order valence-corrected chi connectivity index (χ3v) is 6.73.